The fraction of sp³-hybridized carbons (Fsp3) is 0.308. The smallest absolute Gasteiger partial charge is 0.421 e. The first-order chi connectivity index (χ1) is 17.2. The summed E-state index contributed by atoms with van der Waals surface area (Å²) in [5, 5.41) is 11.5. The molecule has 0 aliphatic rings. The van der Waals surface area contributed by atoms with Gasteiger partial charge in [-0.05, 0) is 74.5 Å². The average Bonchev–Trinajstić information content (AvgIpc) is 3.26. The minimum absolute atomic E-state index is 0.196. The SMILES string of the molecule is CC(C)(C)[S+]([O-])N[C@@H](c1cc2ccnc(-c3cc(C(C)(O)C(F)(F)F)ccn3)c2s1)c1ccccc1Cl. The van der Waals surface area contributed by atoms with E-state index in [-0.39, 0.29) is 11.3 Å². The van der Waals surface area contributed by atoms with Crippen LogP contribution >= 0.6 is 22.9 Å². The summed E-state index contributed by atoms with van der Waals surface area (Å²) in [6, 6.07) is 12.8. The molecule has 0 spiro atoms. The highest BCUT2D eigenvalue weighted by atomic mass is 35.5. The van der Waals surface area contributed by atoms with E-state index < -0.39 is 33.9 Å². The highest BCUT2D eigenvalue weighted by molar-refractivity contribution is 7.90. The molecule has 2 unspecified atom stereocenters. The van der Waals surface area contributed by atoms with Gasteiger partial charge in [-0.3, -0.25) is 9.97 Å². The average molecular weight is 568 g/mol. The second-order valence-corrected chi connectivity index (χ2v) is 13.2. The minimum Gasteiger partial charge on any atom is -0.598 e. The molecule has 4 aromatic rings. The molecule has 11 heteroatoms. The lowest BCUT2D eigenvalue weighted by Crippen LogP contribution is -2.41. The largest absolute Gasteiger partial charge is 0.598 e. The Hall–Kier alpha value is -2.21. The van der Waals surface area contributed by atoms with Gasteiger partial charge in [0.15, 0.2) is 5.60 Å². The molecular weight excluding hydrogens is 543 g/mol. The third kappa shape index (κ3) is 5.64. The number of aliphatic hydroxyl groups is 1. The van der Waals surface area contributed by atoms with Crippen molar-refractivity contribution >= 4 is 44.4 Å². The van der Waals surface area contributed by atoms with Crippen LogP contribution in [0.4, 0.5) is 13.2 Å². The standard InChI is InChI=1S/C26H25ClF3N3O2S2/c1-24(2,3)37(35)33-21(17-7-5-6-8-18(17)27)20-13-15-9-11-32-22(23(15)36-20)19-14-16(10-12-31-19)25(4,34)26(28,29)30/h5-14,21,33-34H,1-4H3/t21-,25?,37?/m1/s1. The zero-order valence-electron chi connectivity index (χ0n) is 20.4. The molecule has 3 atom stereocenters. The quantitative estimate of drug-likeness (QED) is 0.247. The molecule has 0 aliphatic carbocycles. The Balaban J connectivity index is 1.84. The number of nitrogens with zero attached hydrogens (tertiary/aromatic N) is 2. The fourth-order valence-electron chi connectivity index (χ4n) is 3.60. The van der Waals surface area contributed by atoms with Crippen LogP contribution in [0.3, 0.4) is 0 Å². The van der Waals surface area contributed by atoms with Crippen LogP contribution < -0.4 is 4.72 Å². The highest BCUT2D eigenvalue weighted by Gasteiger charge is 2.51. The van der Waals surface area contributed by atoms with E-state index in [0.717, 1.165) is 21.9 Å². The van der Waals surface area contributed by atoms with Gasteiger partial charge in [-0.1, -0.05) is 29.8 Å². The summed E-state index contributed by atoms with van der Waals surface area (Å²) in [6.45, 7) is 6.29. The lowest BCUT2D eigenvalue weighted by Gasteiger charge is -2.28. The maximum atomic E-state index is 13.5. The molecule has 2 N–H and O–H groups in total. The van der Waals surface area contributed by atoms with Gasteiger partial charge in [-0.15, -0.1) is 16.1 Å². The number of hydrogen-bond acceptors (Lipinski definition) is 6. The van der Waals surface area contributed by atoms with Crippen molar-refractivity contribution in [2.45, 2.75) is 50.3 Å². The summed E-state index contributed by atoms with van der Waals surface area (Å²) >= 11 is 6.45. The molecule has 0 bridgehead atoms. The predicted octanol–water partition coefficient (Wildman–Crippen LogP) is 6.92. The zero-order chi connectivity index (χ0) is 27.2. The van der Waals surface area contributed by atoms with Gasteiger partial charge >= 0.3 is 6.18 Å². The highest BCUT2D eigenvalue weighted by Crippen LogP contribution is 2.42. The van der Waals surface area contributed by atoms with Crippen molar-refractivity contribution in [2.75, 3.05) is 0 Å². The molecule has 37 heavy (non-hydrogen) atoms. The van der Waals surface area contributed by atoms with Gasteiger partial charge < -0.3 is 9.66 Å². The summed E-state index contributed by atoms with van der Waals surface area (Å²) in [7, 11) is 0. The van der Waals surface area contributed by atoms with E-state index in [4.69, 9.17) is 11.6 Å². The predicted molar refractivity (Wildman–Crippen MR) is 143 cm³/mol. The summed E-state index contributed by atoms with van der Waals surface area (Å²) in [4.78, 5) is 9.45. The Kier molecular flexibility index (Phi) is 7.64. The summed E-state index contributed by atoms with van der Waals surface area (Å²) < 4.78 is 56.8. The van der Waals surface area contributed by atoms with Gasteiger partial charge in [0.1, 0.15) is 16.5 Å². The second kappa shape index (κ2) is 10.2. The topological polar surface area (TPSA) is 81.1 Å². The molecule has 0 radical (unpaired) electrons. The zero-order valence-corrected chi connectivity index (χ0v) is 22.8. The number of thiophene rings is 1. The first-order valence-electron chi connectivity index (χ1n) is 11.3. The molecule has 196 valence electrons. The van der Waals surface area contributed by atoms with E-state index in [2.05, 4.69) is 14.7 Å². The first kappa shape index (κ1) is 27.8. The number of benzene rings is 1. The van der Waals surface area contributed by atoms with Gasteiger partial charge in [0, 0.05) is 33.7 Å². The summed E-state index contributed by atoms with van der Waals surface area (Å²) in [5.41, 5.74) is -2.07. The number of hydrogen-bond donors (Lipinski definition) is 2. The molecule has 0 amide bonds. The van der Waals surface area contributed by atoms with Crippen LogP contribution in [-0.4, -0.2) is 30.6 Å². The van der Waals surface area contributed by atoms with Gasteiger partial charge in [-0.25, -0.2) is 0 Å². The van der Waals surface area contributed by atoms with Crippen molar-refractivity contribution < 1.29 is 22.8 Å². The minimum atomic E-state index is -4.86. The van der Waals surface area contributed by atoms with E-state index in [1.807, 2.05) is 45.0 Å². The van der Waals surface area contributed by atoms with E-state index >= 15 is 0 Å². The Morgan fingerprint density at radius 3 is 2.35 bits per heavy atom. The molecule has 3 aromatic heterocycles. The fourth-order valence-corrected chi connectivity index (χ4v) is 5.97. The first-order valence-corrected chi connectivity index (χ1v) is 13.6. The molecule has 3 heterocycles. The van der Waals surface area contributed by atoms with Crippen LogP contribution in [-0.2, 0) is 17.0 Å². The van der Waals surface area contributed by atoms with Gasteiger partial charge in [0.25, 0.3) is 0 Å². The van der Waals surface area contributed by atoms with Crippen molar-refractivity contribution in [3.8, 4) is 11.4 Å². The third-order valence-electron chi connectivity index (χ3n) is 5.85. The van der Waals surface area contributed by atoms with E-state index in [1.54, 1.807) is 18.3 Å². The van der Waals surface area contributed by atoms with E-state index in [0.29, 0.717) is 22.3 Å². The van der Waals surface area contributed by atoms with Crippen molar-refractivity contribution in [1.29, 1.82) is 0 Å². The molecule has 0 saturated carbocycles. The van der Waals surface area contributed by atoms with Crippen molar-refractivity contribution in [3.05, 3.63) is 82.0 Å². The van der Waals surface area contributed by atoms with Crippen LogP contribution in [0.1, 0.15) is 49.7 Å². The van der Waals surface area contributed by atoms with E-state index in [1.165, 1.54) is 23.6 Å². The molecule has 0 aliphatic heterocycles. The molecule has 0 saturated heterocycles. The molecular formula is C26H25ClF3N3O2S2. The number of rotatable bonds is 6. The monoisotopic (exact) mass is 567 g/mol. The summed E-state index contributed by atoms with van der Waals surface area (Å²) in [5.74, 6) is 0. The Bertz CT molecular complexity index is 1420. The molecule has 0 fully saturated rings. The molecule has 1 aromatic carbocycles. The van der Waals surface area contributed by atoms with Crippen LogP contribution in [0, 0.1) is 0 Å². The number of alkyl halides is 3. The van der Waals surface area contributed by atoms with Crippen LogP contribution in [0.15, 0.2) is 60.9 Å². The second-order valence-electron chi connectivity index (χ2n) is 9.68. The van der Waals surface area contributed by atoms with Crippen LogP contribution in [0.5, 0.6) is 0 Å². The number of halogens is 4. The van der Waals surface area contributed by atoms with Crippen molar-refractivity contribution in [1.82, 2.24) is 14.7 Å². The van der Waals surface area contributed by atoms with Crippen LogP contribution in [0.25, 0.3) is 21.5 Å². The Morgan fingerprint density at radius 1 is 1.03 bits per heavy atom. The normalized spacial score (nSPS) is 15.9. The maximum absolute atomic E-state index is 13.5. The van der Waals surface area contributed by atoms with Gasteiger partial charge in [0.2, 0.25) is 0 Å². The number of aromatic nitrogens is 2. The Morgan fingerprint density at radius 2 is 1.70 bits per heavy atom. The van der Waals surface area contributed by atoms with Gasteiger partial charge in [0.05, 0.1) is 10.4 Å². The van der Waals surface area contributed by atoms with Crippen molar-refractivity contribution in [3.63, 3.8) is 0 Å². The van der Waals surface area contributed by atoms with Gasteiger partial charge in [-0.2, -0.15) is 13.2 Å². The van der Waals surface area contributed by atoms with E-state index in [9.17, 15) is 22.8 Å². The number of pyridine rings is 2. The lowest BCUT2D eigenvalue weighted by molar-refractivity contribution is -0.258. The molecule has 5 nitrogen and oxygen atoms in total. The lowest BCUT2D eigenvalue weighted by atomic mass is 9.95. The summed E-state index contributed by atoms with van der Waals surface area (Å²) in [6.07, 6.45) is -2.09. The molecule has 4 rings (SSSR count). The number of nitrogens with one attached hydrogen (secondary N) is 1. The third-order valence-corrected chi connectivity index (χ3v) is 8.98. The van der Waals surface area contributed by atoms with Crippen molar-refractivity contribution in [2.24, 2.45) is 0 Å². The maximum Gasteiger partial charge on any atom is 0.421 e. The Labute approximate surface area is 225 Å². The number of fused-ring (bicyclic) bond motifs is 1. The van der Waals surface area contributed by atoms with Crippen LogP contribution in [0.2, 0.25) is 5.02 Å².